The van der Waals surface area contributed by atoms with Crippen LogP contribution >= 0.6 is 0 Å². The number of carbonyl (C=O) groups is 3. The number of hydrogen-bond acceptors (Lipinski definition) is 5. The lowest BCUT2D eigenvalue weighted by molar-refractivity contribution is -0.141. The molecule has 0 rings (SSSR count). The number of aliphatic carboxylic acids is 1. The Morgan fingerprint density at radius 2 is 1.10 bits per heavy atom. The standard InChI is InChI=1S/C11H16O4.C4H6O2/c1-8(2)10(12)14-6-5-7-15-11(13)9(3)4;1-3(2)4(5)6/h1,3,5-7H2,2,4H3;1H2,2H3,(H,5,6). The lowest BCUT2D eigenvalue weighted by atomic mass is 10.3. The van der Waals surface area contributed by atoms with Crippen LogP contribution in [-0.2, 0) is 23.9 Å². The second kappa shape index (κ2) is 11.5. The molecule has 0 unspecified atom stereocenters. The van der Waals surface area contributed by atoms with Gasteiger partial charge in [0.05, 0.1) is 13.2 Å². The number of esters is 2. The Morgan fingerprint density at radius 1 is 0.810 bits per heavy atom. The maximum atomic E-state index is 10.9. The SMILES string of the molecule is C=C(C)C(=O)O.C=C(C)C(=O)OCCCOC(=O)C(=C)C. The van der Waals surface area contributed by atoms with E-state index in [1.165, 1.54) is 6.92 Å². The van der Waals surface area contributed by atoms with Gasteiger partial charge >= 0.3 is 17.9 Å². The first-order chi connectivity index (χ1) is 9.59. The number of rotatable bonds is 7. The van der Waals surface area contributed by atoms with Gasteiger partial charge in [-0.25, -0.2) is 14.4 Å². The summed E-state index contributed by atoms with van der Waals surface area (Å²) in [5.41, 5.74) is 0.887. The molecule has 0 heterocycles. The fourth-order valence-corrected chi connectivity index (χ4v) is 0.635. The highest BCUT2D eigenvalue weighted by atomic mass is 16.5. The van der Waals surface area contributed by atoms with Gasteiger partial charge in [-0.05, 0) is 20.8 Å². The zero-order valence-electron chi connectivity index (χ0n) is 12.7. The average molecular weight is 298 g/mol. The third-order valence-corrected chi connectivity index (χ3v) is 1.82. The molecule has 1 N–H and O–H groups in total. The third kappa shape index (κ3) is 13.9. The maximum Gasteiger partial charge on any atom is 0.333 e. The fraction of sp³-hybridized carbons (Fsp3) is 0.400. The van der Waals surface area contributed by atoms with Gasteiger partial charge in [0.15, 0.2) is 0 Å². The van der Waals surface area contributed by atoms with Gasteiger partial charge in [-0.2, -0.15) is 0 Å². The monoisotopic (exact) mass is 298 g/mol. The Kier molecular flexibility index (Phi) is 11.4. The van der Waals surface area contributed by atoms with Crippen molar-refractivity contribution >= 4 is 17.9 Å². The molecule has 21 heavy (non-hydrogen) atoms. The van der Waals surface area contributed by atoms with Crippen molar-refractivity contribution in [1.29, 1.82) is 0 Å². The van der Waals surface area contributed by atoms with E-state index in [0.717, 1.165) is 0 Å². The van der Waals surface area contributed by atoms with Gasteiger partial charge in [0, 0.05) is 23.1 Å². The van der Waals surface area contributed by atoms with Crippen LogP contribution in [0.15, 0.2) is 36.5 Å². The third-order valence-electron chi connectivity index (χ3n) is 1.82. The van der Waals surface area contributed by atoms with Crippen molar-refractivity contribution in [3.8, 4) is 0 Å². The largest absolute Gasteiger partial charge is 0.478 e. The number of ether oxygens (including phenoxy) is 2. The van der Waals surface area contributed by atoms with Crippen molar-refractivity contribution in [2.24, 2.45) is 0 Å². The van der Waals surface area contributed by atoms with Crippen LogP contribution in [0.3, 0.4) is 0 Å². The molecule has 6 heteroatoms. The molecule has 0 atom stereocenters. The Hall–Kier alpha value is -2.37. The summed E-state index contributed by atoms with van der Waals surface area (Å²) in [6.07, 6.45) is 0.470. The molecule has 0 fully saturated rings. The molecule has 0 bridgehead atoms. The van der Waals surface area contributed by atoms with Gasteiger partial charge in [-0.3, -0.25) is 0 Å². The normalized spacial score (nSPS) is 8.71. The number of hydrogen-bond donors (Lipinski definition) is 1. The molecule has 0 radical (unpaired) electrons. The minimum absolute atomic E-state index is 0.176. The number of carbonyl (C=O) groups excluding carboxylic acids is 2. The summed E-state index contributed by atoms with van der Waals surface area (Å²) in [5.74, 6) is -1.79. The van der Waals surface area contributed by atoms with E-state index in [2.05, 4.69) is 19.7 Å². The van der Waals surface area contributed by atoms with E-state index in [4.69, 9.17) is 14.6 Å². The van der Waals surface area contributed by atoms with E-state index in [-0.39, 0.29) is 18.8 Å². The molecule has 0 aliphatic carbocycles. The van der Waals surface area contributed by atoms with Crippen LogP contribution in [0.5, 0.6) is 0 Å². The van der Waals surface area contributed by atoms with Crippen LogP contribution in [0, 0.1) is 0 Å². The molecule has 6 nitrogen and oxygen atoms in total. The van der Waals surface area contributed by atoms with E-state index < -0.39 is 17.9 Å². The van der Waals surface area contributed by atoms with Crippen LogP contribution in [-0.4, -0.2) is 36.2 Å². The zero-order valence-corrected chi connectivity index (χ0v) is 12.7. The Labute approximate surface area is 124 Å². The van der Waals surface area contributed by atoms with Gasteiger partial charge in [0.2, 0.25) is 0 Å². The van der Waals surface area contributed by atoms with E-state index in [1.807, 2.05) is 0 Å². The van der Waals surface area contributed by atoms with Gasteiger partial charge < -0.3 is 14.6 Å². The van der Waals surface area contributed by atoms with Gasteiger partial charge in [-0.15, -0.1) is 0 Å². The fourth-order valence-electron chi connectivity index (χ4n) is 0.635. The Bertz CT molecular complexity index is 393. The van der Waals surface area contributed by atoms with E-state index >= 15 is 0 Å². The van der Waals surface area contributed by atoms with Gasteiger partial charge in [0.25, 0.3) is 0 Å². The van der Waals surface area contributed by atoms with Crippen LogP contribution < -0.4 is 0 Å². The molecule has 0 saturated carbocycles. The zero-order chi connectivity index (χ0) is 17.0. The highest BCUT2D eigenvalue weighted by Gasteiger charge is 2.04. The van der Waals surface area contributed by atoms with Crippen LogP contribution in [0.2, 0.25) is 0 Å². The summed E-state index contributed by atoms with van der Waals surface area (Å²) in [5, 5.41) is 7.89. The molecule has 0 amide bonds. The van der Waals surface area contributed by atoms with E-state index in [1.54, 1.807) is 13.8 Å². The highest BCUT2D eigenvalue weighted by Crippen LogP contribution is 1.96. The van der Waals surface area contributed by atoms with E-state index in [0.29, 0.717) is 17.6 Å². The molecule has 118 valence electrons. The summed E-state index contributed by atoms with van der Waals surface area (Å²) in [6.45, 7) is 15.1. The smallest absolute Gasteiger partial charge is 0.333 e. The van der Waals surface area contributed by atoms with Crippen molar-refractivity contribution in [1.82, 2.24) is 0 Å². The average Bonchev–Trinajstić information content (AvgIpc) is 2.37. The number of carboxylic acid groups (broad SMARTS) is 1. The minimum atomic E-state index is -0.935. The van der Waals surface area contributed by atoms with Crippen LogP contribution in [0.4, 0.5) is 0 Å². The molecule has 0 saturated heterocycles. The summed E-state index contributed by atoms with van der Waals surface area (Å²) in [6, 6.07) is 0. The first-order valence-corrected chi connectivity index (χ1v) is 6.13. The van der Waals surface area contributed by atoms with Crippen molar-refractivity contribution in [2.75, 3.05) is 13.2 Å². The Balaban J connectivity index is 0. The maximum absolute atomic E-state index is 10.9. The molecular weight excluding hydrogens is 276 g/mol. The summed E-state index contributed by atoms with van der Waals surface area (Å²) in [4.78, 5) is 31.4. The summed E-state index contributed by atoms with van der Waals surface area (Å²) < 4.78 is 9.59. The minimum Gasteiger partial charge on any atom is -0.478 e. The molecule has 0 aliphatic heterocycles. The van der Waals surface area contributed by atoms with Crippen molar-refractivity contribution in [3.63, 3.8) is 0 Å². The molecule has 0 aromatic heterocycles. The first-order valence-electron chi connectivity index (χ1n) is 6.13. The first kappa shape index (κ1) is 20.9. The van der Waals surface area contributed by atoms with Crippen molar-refractivity contribution in [3.05, 3.63) is 36.5 Å². The quantitative estimate of drug-likeness (QED) is 0.440. The molecular formula is C15H22O6. The second-order valence-corrected chi connectivity index (χ2v) is 4.27. The van der Waals surface area contributed by atoms with Gasteiger partial charge in [-0.1, -0.05) is 19.7 Å². The molecule has 0 aromatic rings. The predicted octanol–water partition coefficient (Wildman–Crippen LogP) is 2.26. The highest BCUT2D eigenvalue weighted by molar-refractivity contribution is 5.87. The van der Waals surface area contributed by atoms with Crippen molar-refractivity contribution < 1.29 is 29.0 Å². The predicted molar refractivity (Wildman–Crippen MR) is 78.6 cm³/mol. The molecule has 0 aromatic carbocycles. The lowest BCUT2D eigenvalue weighted by Crippen LogP contribution is -2.11. The van der Waals surface area contributed by atoms with Crippen LogP contribution in [0.1, 0.15) is 27.2 Å². The van der Waals surface area contributed by atoms with E-state index in [9.17, 15) is 14.4 Å². The van der Waals surface area contributed by atoms with Crippen molar-refractivity contribution in [2.45, 2.75) is 27.2 Å². The molecule has 0 spiro atoms. The number of carboxylic acids is 1. The van der Waals surface area contributed by atoms with Crippen LogP contribution in [0.25, 0.3) is 0 Å². The van der Waals surface area contributed by atoms with Gasteiger partial charge in [0.1, 0.15) is 0 Å². The topological polar surface area (TPSA) is 89.9 Å². The Morgan fingerprint density at radius 3 is 1.29 bits per heavy atom. The lowest BCUT2D eigenvalue weighted by Gasteiger charge is -2.05. The molecule has 0 aliphatic rings. The summed E-state index contributed by atoms with van der Waals surface area (Å²) in [7, 11) is 0. The second-order valence-electron chi connectivity index (χ2n) is 4.27. The summed E-state index contributed by atoms with van der Waals surface area (Å²) >= 11 is 0.